The number of hydrogen-bond acceptors (Lipinski definition) is 5. The number of aromatic nitrogens is 2. The van der Waals surface area contributed by atoms with Gasteiger partial charge in [0.25, 0.3) is 0 Å². The molecule has 3 nitrogen and oxygen atoms in total. The van der Waals surface area contributed by atoms with E-state index in [4.69, 9.17) is 0 Å². The van der Waals surface area contributed by atoms with Crippen molar-refractivity contribution in [1.29, 1.82) is 0 Å². The molecule has 21 heavy (non-hydrogen) atoms. The highest BCUT2D eigenvalue weighted by Crippen LogP contribution is 2.32. The average molecular weight is 325 g/mol. The molecule has 114 valence electrons. The van der Waals surface area contributed by atoms with E-state index in [9.17, 15) is 4.39 Å². The molecule has 0 amide bonds. The molecule has 0 atom stereocenters. The van der Waals surface area contributed by atoms with Crippen LogP contribution in [0, 0.1) is 5.82 Å². The van der Waals surface area contributed by atoms with Crippen molar-refractivity contribution < 1.29 is 4.39 Å². The zero-order chi connectivity index (χ0) is 15.5. The maximum absolute atomic E-state index is 13.5. The van der Waals surface area contributed by atoms with Gasteiger partial charge in [-0.1, -0.05) is 18.7 Å². The first kappa shape index (κ1) is 16.4. The second-order valence-electron chi connectivity index (χ2n) is 5.79. The molecule has 2 aromatic rings. The Labute approximate surface area is 133 Å². The third kappa shape index (κ3) is 5.05. The third-order valence-electron chi connectivity index (χ3n) is 2.79. The minimum atomic E-state index is -0.212. The van der Waals surface area contributed by atoms with Crippen molar-refractivity contribution >= 4 is 23.3 Å². The van der Waals surface area contributed by atoms with Crippen LogP contribution >= 0.6 is 23.3 Å². The highest BCUT2D eigenvalue weighted by atomic mass is 32.2. The van der Waals surface area contributed by atoms with Crippen LogP contribution in [0.5, 0.6) is 0 Å². The van der Waals surface area contributed by atoms with E-state index < -0.39 is 0 Å². The molecule has 0 aliphatic rings. The molecule has 1 aromatic carbocycles. The lowest BCUT2D eigenvalue weighted by atomic mass is 10.1. The largest absolute Gasteiger partial charge is 0.308 e. The number of nitrogens with zero attached hydrogens (tertiary/aromatic N) is 2. The van der Waals surface area contributed by atoms with Crippen molar-refractivity contribution in [3.8, 4) is 0 Å². The topological polar surface area (TPSA) is 37.8 Å². The smallest absolute Gasteiger partial charge is 0.174 e. The molecule has 6 heteroatoms. The molecule has 0 radical (unpaired) electrons. The minimum absolute atomic E-state index is 0.00757. The van der Waals surface area contributed by atoms with Crippen molar-refractivity contribution in [3.05, 3.63) is 35.4 Å². The van der Waals surface area contributed by atoms with E-state index in [0.717, 1.165) is 27.0 Å². The van der Waals surface area contributed by atoms with Gasteiger partial charge in [0.1, 0.15) is 11.6 Å². The van der Waals surface area contributed by atoms with Crippen molar-refractivity contribution in [1.82, 2.24) is 14.7 Å². The van der Waals surface area contributed by atoms with Gasteiger partial charge >= 0.3 is 0 Å². The normalized spacial score (nSPS) is 11.9. The van der Waals surface area contributed by atoms with E-state index in [0.29, 0.717) is 6.54 Å². The lowest BCUT2D eigenvalue weighted by molar-refractivity contribution is 0.422. The fraction of sp³-hybridized carbons (Fsp3) is 0.467. The maximum Gasteiger partial charge on any atom is 0.174 e. The monoisotopic (exact) mass is 325 g/mol. The van der Waals surface area contributed by atoms with E-state index in [1.54, 1.807) is 17.8 Å². The molecule has 0 saturated heterocycles. The number of benzene rings is 1. The fourth-order valence-corrected chi connectivity index (χ4v) is 3.43. The van der Waals surface area contributed by atoms with E-state index in [1.165, 1.54) is 17.6 Å². The summed E-state index contributed by atoms with van der Waals surface area (Å²) in [5, 5.41) is 3.40. The molecule has 0 saturated carbocycles. The van der Waals surface area contributed by atoms with Crippen LogP contribution in [-0.4, -0.2) is 14.9 Å². The number of hydrogen-bond donors (Lipinski definition) is 1. The molecular weight excluding hydrogens is 305 g/mol. The van der Waals surface area contributed by atoms with Gasteiger partial charge in [-0.25, -0.2) is 9.37 Å². The summed E-state index contributed by atoms with van der Waals surface area (Å²) in [6, 6.07) is 4.89. The van der Waals surface area contributed by atoms with Crippen LogP contribution in [0.4, 0.5) is 4.39 Å². The minimum Gasteiger partial charge on any atom is -0.308 e. The van der Waals surface area contributed by atoms with E-state index >= 15 is 0 Å². The Kier molecular flexibility index (Phi) is 5.35. The Bertz CT molecular complexity index is 605. The van der Waals surface area contributed by atoms with Gasteiger partial charge in [0.15, 0.2) is 4.34 Å². The number of halogens is 1. The number of nitrogens with one attached hydrogen (secondary N) is 1. The van der Waals surface area contributed by atoms with E-state index in [1.807, 2.05) is 13.0 Å². The molecule has 1 aromatic heterocycles. The van der Waals surface area contributed by atoms with Gasteiger partial charge in [-0.15, -0.1) is 0 Å². The lowest BCUT2D eigenvalue weighted by Gasteiger charge is -2.21. The van der Waals surface area contributed by atoms with Gasteiger partial charge in [-0.05, 0) is 56.1 Å². The first-order valence-corrected chi connectivity index (χ1v) is 8.50. The molecule has 0 aliphatic heterocycles. The highest BCUT2D eigenvalue weighted by Gasteiger charge is 2.13. The number of rotatable bonds is 5. The second-order valence-corrected chi connectivity index (χ2v) is 7.83. The van der Waals surface area contributed by atoms with Crippen molar-refractivity contribution in [2.75, 3.05) is 0 Å². The predicted octanol–water partition coefficient (Wildman–Crippen LogP) is 4.28. The first-order chi connectivity index (χ1) is 9.87. The van der Waals surface area contributed by atoms with Crippen molar-refractivity contribution in [3.63, 3.8) is 0 Å². The van der Waals surface area contributed by atoms with Crippen LogP contribution in [0.15, 0.2) is 27.4 Å². The Hall–Kier alpha value is -0.980. The highest BCUT2D eigenvalue weighted by molar-refractivity contribution is 8.01. The summed E-state index contributed by atoms with van der Waals surface area (Å²) in [7, 11) is 0. The van der Waals surface area contributed by atoms with Gasteiger partial charge in [0, 0.05) is 23.4 Å². The molecular formula is C15H20FN3S2. The van der Waals surface area contributed by atoms with E-state index in [-0.39, 0.29) is 11.4 Å². The molecule has 1 N–H and O–H groups in total. The molecule has 2 rings (SSSR count). The molecule has 0 fully saturated rings. The lowest BCUT2D eigenvalue weighted by Crippen LogP contribution is -2.35. The van der Waals surface area contributed by atoms with Crippen LogP contribution < -0.4 is 5.32 Å². The molecule has 0 unspecified atom stereocenters. The summed E-state index contributed by atoms with van der Waals surface area (Å²) in [4.78, 5) is 5.47. The zero-order valence-corrected chi connectivity index (χ0v) is 14.4. The predicted molar refractivity (Wildman–Crippen MR) is 86.4 cm³/mol. The third-order valence-corrected chi connectivity index (χ3v) is 4.70. The summed E-state index contributed by atoms with van der Waals surface area (Å²) in [5.74, 6) is 0.649. The van der Waals surface area contributed by atoms with E-state index in [2.05, 4.69) is 35.4 Å². The average Bonchev–Trinajstić information content (AvgIpc) is 2.86. The van der Waals surface area contributed by atoms with Crippen molar-refractivity contribution in [2.45, 2.75) is 55.4 Å². The molecule has 0 aliphatic carbocycles. The first-order valence-electron chi connectivity index (χ1n) is 6.91. The van der Waals surface area contributed by atoms with Crippen LogP contribution in [-0.2, 0) is 13.0 Å². The summed E-state index contributed by atoms with van der Waals surface area (Å²) >= 11 is 2.94. The Morgan fingerprint density at radius 2 is 2.10 bits per heavy atom. The van der Waals surface area contributed by atoms with Gasteiger partial charge in [-0.2, -0.15) is 4.37 Å². The molecule has 0 bridgehead atoms. The Morgan fingerprint density at radius 3 is 2.71 bits per heavy atom. The maximum atomic E-state index is 13.5. The molecule has 1 heterocycles. The van der Waals surface area contributed by atoms with Gasteiger partial charge in [-0.3, -0.25) is 0 Å². The van der Waals surface area contributed by atoms with Crippen LogP contribution in [0.3, 0.4) is 0 Å². The second kappa shape index (κ2) is 6.85. The zero-order valence-electron chi connectivity index (χ0n) is 12.7. The summed E-state index contributed by atoms with van der Waals surface area (Å²) in [5.41, 5.74) is 0.940. The molecule has 0 spiro atoms. The Morgan fingerprint density at radius 1 is 1.33 bits per heavy atom. The van der Waals surface area contributed by atoms with Gasteiger partial charge < -0.3 is 5.32 Å². The SMILES string of the molecule is CCc1nsc(Sc2ccc(F)cc2CNC(C)(C)C)n1. The van der Waals surface area contributed by atoms with Crippen LogP contribution in [0.1, 0.15) is 39.1 Å². The quantitative estimate of drug-likeness (QED) is 0.890. The standard InChI is InChI=1S/C15H20FN3S2/c1-5-13-18-14(21-19-13)20-12-7-6-11(16)8-10(12)9-17-15(2,3)4/h6-8,17H,5,9H2,1-4H3. The van der Waals surface area contributed by atoms with Crippen molar-refractivity contribution in [2.24, 2.45) is 0 Å². The van der Waals surface area contributed by atoms with Crippen LogP contribution in [0.25, 0.3) is 0 Å². The number of aryl methyl sites for hydroxylation is 1. The summed E-state index contributed by atoms with van der Waals surface area (Å²) < 4.78 is 18.7. The van der Waals surface area contributed by atoms with Gasteiger partial charge in [0.05, 0.1) is 0 Å². The summed E-state index contributed by atoms with van der Waals surface area (Å²) in [6.45, 7) is 8.95. The Balaban J connectivity index is 2.17. The van der Waals surface area contributed by atoms with Gasteiger partial charge in [0.2, 0.25) is 0 Å². The fourth-order valence-electron chi connectivity index (χ4n) is 1.66. The summed E-state index contributed by atoms with van der Waals surface area (Å²) in [6.07, 6.45) is 0.832. The van der Waals surface area contributed by atoms with Crippen LogP contribution in [0.2, 0.25) is 0 Å².